The summed E-state index contributed by atoms with van der Waals surface area (Å²) in [6.45, 7) is 4.69. The summed E-state index contributed by atoms with van der Waals surface area (Å²) in [5, 5.41) is 0.331. The Morgan fingerprint density at radius 1 is 1.18 bits per heavy atom. The lowest BCUT2D eigenvalue weighted by Crippen LogP contribution is -2.34. The summed E-state index contributed by atoms with van der Waals surface area (Å²) >= 11 is 5.92. The van der Waals surface area contributed by atoms with Crippen molar-refractivity contribution in [2.24, 2.45) is 11.8 Å². The second-order valence-electron chi connectivity index (χ2n) is 7.92. The number of likely N-dealkylation sites (tertiary alicyclic amines) is 2. The van der Waals surface area contributed by atoms with Crippen molar-refractivity contribution in [1.82, 2.24) is 9.80 Å². The largest absolute Gasteiger partial charge is 0.342 e. The van der Waals surface area contributed by atoms with Gasteiger partial charge in [-0.3, -0.25) is 9.69 Å². The number of benzene rings is 2. The molecule has 0 N–H and O–H groups in total. The zero-order chi connectivity index (χ0) is 19.1. The molecule has 0 aromatic heterocycles. The maximum atomic E-state index is 13.5. The van der Waals surface area contributed by atoms with E-state index in [1.165, 1.54) is 23.3 Å². The smallest absolute Gasteiger partial charge is 0.227 e. The lowest BCUT2D eigenvalue weighted by Gasteiger charge is -2.28. The van der Waals surface area contributed by atoms with Gasteiger partial charge in [-0.25, -0.2) is 4.39 Å². The average Bonchev–Trinajstić information content (AvgIpc) is 3.11. The fourth-order valence-electron chi connectivity index (χ4n) is 4.85. The van der Waals surface area contributed by atoms with Crippen molar-refractivity contribution in [1.29, 1.82) is 0 Å². The first kappa shape index (κ1) is 21.1. The fourth-order valence-corrected chi connectivity index (χ4v) is 5.09. The number of halogens is 3. The van der Waals surface area contributed by atoms with Gasteiger partial charge in [-0.15, -0.1) is 12.4 Å². The van der Waals surface area contributed by atoms with Crippen LogP contribution >= 0.6 is 24.0 Å². The predicted molar refractivity (Wildman–Crippen MR) is 112 cm³/mol. The number of rotatable bonds is 3. The number of nitrogens with zero attached hydrogens (tertiary/aromatic N) is 2. The van der Waals surface area contributed by atoms with E-state index in [4.69, 9.17) is 11.6 Å². The number of hydrogen-bond acceptors (Lipinski definition) is 2. The van der Waals surface area contributed by atoms with Crippen LogP contribution in [-0.4, -0.2) is 42.4 Å². The highest BCUT2D eigenvalue weighted by molar-refractivity contribution is 6.30. The topological polar surface area (TPSA) is 23.6 Å². The van der Waals surface area contributed by atoms with Gasteiger partial charge in [0, 0.05) is 36.6 Å². The average molecular weight is 423 g/mol. The molecule has 4 rings (SSSR count). The number of carbonyl (C=O) groups excluding carboxylic acids is 1. The highest BCUT2D eigenvalue weighted by atomic mass is 35.5. The molecule has 2 saturated heterocycles. The summed E-state index contributed by atoms with van der Waals surface area (Å²) in [7, 11) is 2.18. The second kappa shape index (κ2) is 8.40. The Morgan fingerprint density at radius 2 is 1.93 bits per heavy atom. The Kier molecular flexibility index (Phi) is 6.33. The quantitative estimate of drug-likeness (QED) is 0.725. The van der Waals surface area contributed by atoms with Crippen LogP contribution in [0.25, 0.3) is 0 Å². The molecule has 150 valence electrons. The van der Waals surface area contributed by atoms with Crippen LogP contribution in [0, 0.1) is 24.6 Å². The normalized spacial score (nSPS) is 24.1. The van der Waals surface area contributed by atoms with Gasteiger partial charge in [-0.2, -0.15) is 0 Å². The third kappa shape index (κ3) is 4.05. The summed E-state index contributed by atoms with van der Waals surface area (Å²) in [5.41, 5.74) is 3.29. The molecule has 2 aromatic carbocycles. The molecule has 2 aliphatic heterocycles. The molecule has 0 saturated carbocycles. The Morgan fingerprint density at radius 3 is 2.64 bits per heavy atom. The van der Waals surface area contributed by atoms with Crippen LogP contribution in [0.5, 0.6) is 0 Å². The van der Waals surface area contributed by atoms with Crippen LogP contribution in [0.4, 0.5) is 4.39 Å². The van der Waals surface area contributed by atoms with Crippen LogP contribution in [0.15, 0.2) is 42.5 Å². The number of amides is 1. The number of aryl methyl sites for hydroxylation is 1. The summed E-state index contributed by atoms with van der Waals surface area (Å²) in [5.74, 6) is 0.581. The Balaban J connectivity index is 0.00000225. The van der Waals surface area contributed by atoms with E-state index in [0.29, 0.717) is 28.5 Å². The molecule has 28 heavy (non-hydrogen) atoms. The van der Waals surface area contributed by atoms with Crippen LogP contribution < -0.4 is 0 Å². The lowest BCUT2D eigenvalue weighted by atomic mass is 9.88. The molecular weight excluding hydrogens is 398 g/mol. The van der Waals surface area contributed by atoms with Crippen molar-refractivity contribution < 1.29 is 9.18 Å². The molecule has 2 heterocycles. The molecule has 2 aromatic rings. The Hall–Kier alpha value is -1.62. The molecule has 6 heteroatoms. The third-order valence-electron chi connectivity index (χ3n) is 6.03. The van der Waals surface area contributed by atoms with Gasteiger partial charge in [-0.05, 0) is 54.8 Å². The van der Waals surface area contributed by atoms with E-state index in [-0.39, 0.29) is 24.7 Å². The molecule has 1 amide bonds. The minimum absolute atomic E-state index is 0. The number of fused-ring (bicyclic) bond motifs is 1. The summed E-state index contributed by atoms with van der Waals surface area (Å²) in [6, 6.07) is 13.2. The lowest BCUT2D eigenvalue weighted by molar-refractivity contribution is -0.129. The maximum absolute atomic E-state index is 13.5. The molecule has 3 atom stereocenters. The first-order chi connectivity index (χ1) is 12.9. The van der Waals surface area contributed by atoms with Crippen molar-refractivity contribution >= 4 is 29.9 Å². The molecule has 0 bridgehead atoms. The molecule has 0 aliphatic carbocycles. The monoisotopic (exact) mass is 422 g/mol. The zero-order valence-corrected chi connectivity index (χ0v) is 17.6. The van der Waals surface area contributed by atoms with Gasteiger partial charge in [0.25, 0.3) is 0 Å². The van der Waals surface area contributed by atoms with E-state index in [1.54, 1.807) is 6.07 Å². The van der Waals surface area contributed by atoms with Gasteiger partial charge in [0.2, 0.25) is 5.91 Å². The van der Waals surface area contributed by atoms with Gasteiger partial charge in [0.1, 0.15) is 5.82 Å². The molecule has 0 unspecified atom stereocenters. The maximum Gasteiger partial charge on any atom is 0.227 e. The van der Waals surface area contributed by atoms with E-state index in [0.717, 1.165) is 19.6 Å². The second-order valence-corrected chi connectivity index (χ2v) is 8.35. The first-order valence-corrected chi connectivity index (χ1v) is 9.78. The highest BCUT2D eigenvalue weighted by Gasteiger charge is 2.47. The van der Waals surface area contributed by atoms with E-state index in [2.05, 4.69) is 43.1 Å². The van der Waals surface area contributed by atoms with E-state index < -0.39 is 5.82 Å². The first-order valence-electron chi connectivity index (χ1n) is 9.41. The van der Waals surface area contributed by atoms with Crippen molar-refractivity contribution in [2.45, 2.75) is 19.4 Å². The van der Waals surface area contributed by atoms with Gasteiger partial charge < -0.3 is 4.90 Å². The Labute approximate surface area is 176 Å². The van der Waals surface area contributed by atoms with Crippen molar-refractivity contribution in [3.05, 3.63) is 70.0 Å². The molecule has 3 nitrogen and oxygen atoms in total. The summed E-state index contributed by atoms with van der Waals surface area (Å²) in [6.07, 6.45) is 0.196. The molecule has 0 spiro atoms. The fraction of sp³-hybridized carbons (Fsp3) is 0.409. The molecular formula is C22H25Cl2FN2O. The van der Waals surface area contributed by atoms with Gasteiger partial charge in [0.15, 0.2) is 0 Å². The summed E-state index contributed by atoms with van der Waals surface area (Å²) in [4.78, 5) is 17.2. The zero-order valence-electron chi connectivity index (χ0n) is 16.1. The standard InChI is InChI=1S/C22H24ClFN2O.ClH/c1-14-5-3-4-6-19(14)22-20-13-26(12-16(20)11-25(22)2)21(27)9-15-7-17(23)10-18(24)8-15;/h3-8,10,16,20,22H,9,11-13H2,1-2H3;1H/t16-,20+,22+;/m0./s1. The van der Waals surface area contributed by atoms with E-state index in [1.807, 2.05) is 4.90 Å². The number of hydrogen-bond donors (Lipinski definition) is 0. The van der Waals surface area contributed by atoms with Gasteiger partial charge in [0.05, 0.1) is 6.42 Å². The molecule has 2 fully saturated rings. The summed E-state index contributed by atoms with van der Waals surface area (Å²) < 4.78 is 13.5. The van der Waals surface area contributed by atoms with Gasteiger partial charge >= 0.3 is 0 Å². The van der Waals surface area contributed by atoms with Crippen LogP contribution in [0.3, 0.4) is 0 Å². The van der Waals surface area contributed by atoms with Gasteiger partial charge in [-0.1, -0.05) is 35.9 Å². The molecule has 2 aliphatic rings. The third-order valence-corrected chi connectivity index (χ3v) is 6.25. The Bertz CT molecular complexity index is 855. The minimum Gasteiger partial charge on any atom is -0.342 e. The molecule has 0 radical (unpaired) electrons. The highest BCUT2D eigenvalue weighted by Crippen LogP contribution is 2.44. The SMILES string of the molecule is Cc1ccccc1[C@@H]1[C@@H]2CN(C(=O)Cc3cc(F)cc(Cl)c3)C[C@@H]2CN1C.Cl. The van der Waals surface area contributed by atoms with Crippen molar-refractivity contribution in [3.63, 3.8) is 0 Å². The van der Waals surface area contributed by atoms with Crippen LogP contribution in [0.1, 0.15) is 22.7 Å². The van der Waals surface area contributed by atoms with Crippen molar-refractivity contribution in [2.75, 3.05) is 26.7 Å². The minimum atomic E-state index is -0.398. The van der Waals surface area contributed by atoms with Crippen molar-refractivity contribution in [3.8, 4) is 0 Å². The van der Waals surface area contributed by atoms with Crippen LogP contribution in [0.2, 0.25) is 5.02 Å². The van der Waals surface area contributed by atoms with E-state index >= 15 is 0 Å². The predicted octanol–water partition coefficient (Wildman–Crippen LogP) is 4.51. The van der Waals surface area contributed by atoms with Crippen LogP contribution in [-0.2, 0) is 11.2 Å². The number of carbonyl (C=O) groups is 1. The van der Waals surface area contributed by atoms with E-state index in [9.17, 15) is 9.18 Å².